The molecule has 6 nitrogen and oxygen atoms in total. The molecule has 0 atom stereocenters. The zero-order chi connectivity index (χ0) is 12.8. The number of nitrogens with zero attached hydrogens (tertiary/aromatic N) is 2. The minimum atomic E-state index is -0.327. The molecule has 0 fully saturated rings. The van der Waals surface area contributed by atoms with Crippen LogP contribution in [0, 0.1) is 3.57 Å². The van der Waals surface area contributed by atoms with Crippen molar-refractivity contribution in [1.82, 2.24) is 9.97 Å². The van der Waals surface area contributed by atoms with Gasteiger partial charge in [0.25, 0.3) is 5.56 Å². The molecule has 7 heteroatoms. The second-order valence-electron chi connectivity index (χ2n) is 3.19. The van der Waals surface area contributed by atoms with E-state index < -0.39 is 0 Å². The highest BCUT2D eigenvalue weighted by atomic mass is 127. The molecule has 0 saturated carbocycles. The van der Waals surface area contributed by atoms with Crippen molar-refractivity contribution in [3.63, 3.8) is 0 Å². The monoisotopic (exact) mass is 351 g/mol. The number of esters is 1. The van der Waals surface area contributed by atoms with Gasteiger partial charge in [-0.1, -0.05) is 0 Å². The summed E-state index contributed by atoms with van der Waals surface area (Å²) in [4.78, 5) is 31.1. The van der Waals surface area contributed by atoms with E-state index in [0.717, 1.165) is 0 Å². The third-order valence-electron chi connectivity index (χ3n) is 2.08. The summed E-state index contributed by atoms with van der Waals surface area (Å²) in [6.07, 6.45) is 1.33. The molecule has 0 aliphatic carbocycles. The molecular formula is C10H14IN3O3. The van der Waals surface area contributed by atoms with Gasteiger partial charge in [0, 0.05) is 6.54 Å². The SMILES string of the molecule is CCOC(=O)CN(CC)c1nc[nH]c(=O)c1I. The summed E-state index contributed by atoms with van der Waals surface area (Å²) in [5.74, 6) is 0.178. The molecule has 94 valence electrons. The van der Waals surface area contributed by atoms with Crippen LogP contribution in [-0.4, -0.2) is 35.6 Å². The summed E-state index contributed by atoms with van der Waals surface area (Å²) in [5, 5.41) is 0. The Morgan fingerprint density at radius 3 is 2.88 bits per heavy atom. The van der Waals surface area contributed by atoms with Gasteiger partial charge in [0.2, 0.25) is 0 Å². The largest absolute Gasteiger partial charge is 0.465 e. The van der Waals surface area contributed by atoms with Gasteiger partial charge in [0.1, 0.15) is 15.9 Å². The highest BCUT2D eigenvalue weighted by molar-refractivity contribution is 14.1. The van der Waals surface area contributed by atoms with E-state index in [1.54, 1.807) is 11.8 Å². The number of aromatic nitrogens is 2. The molecule has 0 bridgehead atoms. The molecule has 0 aliphatic heterocycles. The lowest BCUT2D eigenvalue weighted by Crippen LogP contribution is -2.33. The zero-order valence-corrected chi connectivity index (χ0v) is 11.9. The molecule has 1 rings (SSSR count). The van der Waals surface area contributed by atoms with Crippen LogP contribution in [0.2, 0.25) is 0 Å². The average molecular weight is 351 g/mol. The number of rotatable bonds is 5. The fraction of sp³-hybridized carbons (Fsp3) is 0.500. The molecule has 17 heavy (non-hydrogen) atoms. The van der Waals surface area contributed by atoms with Crippen molar-refractivity contribution in [2.24, 2.45) is 0 Å². The summed E-state index contributed by atoms with van der Waals surface area (Å²) in [5.41, 5.74) is -0.210. The average Bonchev–Trinajstić information content (AvgIpc) is 2.30. The maximum absolute atomic E-state index is 11.4. The summed E-state index contributed by atoms with van der Waals surface area (Å²) in [7, 11) is 0. The first-order valence-electron chi connectivity index (χ1n) is 5.23. The molecule has 0 aromatic carbocycles. The zero-order valence-electron chi connectivity index (χ0n) is 9.70. The topological polar surface area (TPSA) is 75.3 Å². The third kappa shape index (κ3) is 3.69. The quantitative estimate of drug-likeness (QED) is 0.626. The number of hydrogen-bond donors (Lipinski definition) is 1. The lowest BCUT2D eigenvalue weighted by molar-refractivity contribution is -0.141. The molecular weight excluding hydrogens is 337 g/mol. The van der Waals surface area contributed by atoms with E-state index in [2.05, 4.69) is 9.97 Å². The number of aromatic amines is 1. The van der Waals surface area contributed by atoms with Crippen LogP contribution in [0.25, 0.3) is 0 Å². The number of likely N-dealkylation sites (N-methyl/N-ethyl adjacent to an activating group) is 1. The summed E-state index contributed by atoms with van der Waals surface area (Å²) in [6, 6.07) is 0. The normalized spacial score (nSPS) is 10.1. The Labute approximate surface area is 113 Å². The second kappa shape index (κ2) is 6.58. The number of ether oxygens (including phenoxy) is 1. The van der Waals surface area contributed by atoms with Gasteiger partial charge >= 0.3 is 5.97 Å². The van der Waals surface area contributed by atoms with Gasteiger partial charge in [0.15, 0.2) is 0 Å². The lowest BCUT2D eigenvalue weighted by Gasteiger charge is -2.21. The molecule has 1 N–H and O–H groups in total. The second-order valence-corrected chi connectivity index (χ2v) is 4.27. The Hall–Kier alpha value is -1.12. The van der Waals surface area contributed by atoms with Crippen molar-refractivity contribution >= 4 is 34.4 Å². The van der Waals surface area contributed by atoms with E-state index in [9.17, 15) is 9.59 Å². The Morgan fingerprint density at radius 2 is 2.29 bits per heavy atom. The standard InChI is InChI=1S/C10H14IN3O3/c1-3-14(5-7(15)17-4-2)9-8(11)10(16)13-6-12-9/h6H,3-5H2,1-2H3,(H,12,13,16). The van der Waals surface area contributed by atoms with Crippen LogP contribution in [0.1, 0.15) is 13.8 Å². The van der Waals surface area contributed by atoms with Gasteiger partial charge in [0.05, 0.1) is 12.9 Å². The number of H-pyrrole nitrogens is 1. The highest BCUT2D eigenvalue weighted by Gasteiger charge is 2.16. The first kappa shape index (κ1) is 13.9. The van der Waals surface area contributed by atoms with E-state index in [1.807, 2.05) is 29.5 Å². The molecule has 0 aliphatic rings. The Morgan fingerprint density at radius 1 is 1.59 bits per heavy atom. The maximum Gasteiger partial charge on any atom is 0.325 e. The van der Waals surface area contributed by atoms with Gasteiger partial charge in [-0.25, -0.2) is 4.98 Å². The van der Waals surface area contributed by atoms with Crippen molar-refractivity contribution in [2.45, 2.75) is 13.8 Å². The number of nitrogens with one attached hydrogen (secondary N) is 1. The molecule has 0 unspecified atom stereocenters. The first-order chi connectivity index (χ1) is 8.10. The predicted octanol–water partition coefficient (Wildman–Crippen LogP) is 0.764. The molecule has 1 aromatic rings. The molecule has 1 aromatic heterocycles. The Bertz CT molecular complexity index is 447. The molecule has 1 heterocycles. The fourth-order valence-corrected chi connectivity index (χ4v) is 1.93. The van der Waals surface area contributed by atoms with E-state index >= 15 is 0 Å². The highest BCUT2D eigenvalue weighted by Crippen LogP contribution is 2.14. The summed E-state index contributed by atoms with van der Waals surface area (Å²) >= 11 is 1.91. The van der Waals surface area contributed by atoms with Gasteiger partial charge in [-0.15, -0.1) is 0 Å². The van der Waals surface area contributed by atoms with E-state index in [4.69, 9.17) is 4.74 Å². The van der Waals surface area contributed by atoms with Crippen molar-refractivity contribution in [2.75, 3.05) is 24.6 Å². The van der Waals surface area contributed by atoms with Gasteiger partial charge < -0.3 is 14.6 Å². The third-order valence-corrected chi connectivity index (χ3v) is 3.06. The molecule has 0 saturated heterocycles. The smallest absolute Gasteiger partial charge is 0.325 e. The van der Waals surface area contributed by atoms with Crippen molar-refractivity contribution in [1.29, 1.82) is 0 Å². The Balaban J connectivity index is 2.90. The van der Waals surface area contributed by atoms with Crippen LogP contribution < -0.4 is 10.5 Å². The molecule has 0 amide bonds. The van der Waals surface area contributed by atoms with Crippen LogP contribution >= 0.6 is 22.6 Å². The van der Waals surface area contributed by atoms with Crippen LogP contribution in [-0.2, 0) is 9.53 Å². The van der Waals surface area contributed by atoms with E-state index in [0.29, 0.717) is 22.5 Å². The van der Waals surface area contributed by atoms with E-state index in [-0.39, 0.29) is 18.1 Å². The van der Waals surface area contributed by atoms with Gasteiger partial charge in [-0.2, -0.15) is 0 Å². The minimum Gasteiger partial charge on any atom is -0.465 e. The van der Waals surface area contributed by atoms with Crippen LogP contribution in [0.3, 0.4) is 0 Å². The number of carbonyl (C=O) groups excluding carboxylic acids is 1. The molecule has 0 radical (unpaired) electrons. The fourth-order valence-electron chi connectivity index (χ4n) is 1.29. The van der Waals surface area contributed by atoms with Crippen molar-refractivity contribution in [3.8, 4) is 0 Å². The number of anilines is 1. The minimum absolute atomic E-state index is 0.0940. The maximum atomic E-state index is 11.4. The van der Waals surface area contributed by atoms with Crippen LogP contribution in [0.15, 0.2) is 11.1 Å². The van der Waals surface area contributed by atoms with Crippen LogP contribution in [0.5, 0.6) is 0 Å². The van der Waals surface area contributed by atoms with Gasteiger partial charge in [-0.3, -0.25) is 9.59 Å². The lowest BCUT2D eigenvalue weighted by atomic mass is 10.4. The summed E-state index contributed by atoms with van der Waals surface area (Å²) in [6.45, 7) is 4.65. The predicted molar refractivity (Wildman–Crippen MR) is 72.1 cm³/mol. The van der Waals surface area contributed by atoms with Crippen molar-refractivity contribution in [3.05, 3.63) is 20.3 Å². The van der Waals surface area contributed by atoms with Crippen LogP contribution in [0.4, 0.5) is 5.82 Å². The summed E-state index contributed by atoms with van der Waals surface area (Å²) < 4.78 is 5.34. The van der Waals surface area contributed by atoms with Gasteiger partial charge in [-0.05, 0) is 36.4 Å². The number of hydrogen-bond acceptors (Lipinski definition) is 5. The molecule has 0 spiro atoms. The Kier molecular flexibility index (Phi) is 5.39. The number of carbonyl (C=O) groups is 1. The van der Waals surface area contributed by atoms with Crippen molar-refractivity contribution < 1.29 is 9.53 Å². The van der Waals surface area contributed by atoms with E-state index in [1.165, 1.54) is 6.33 Å². The number of halogens is 1. The first-order valence-corrected chi connectivity index (χ1v) is 6.31.